The Morgan fingerprint density at radius 2 is 1.76 bits per heavy atom. The minimum absolute atomic E-state index is 0.394. The quantitative estimate of drug-likeness (QED) is 0.778. The summed E-state index contributed by atoms with van der Waals surface area (Å²) in [6.45, 7) is 5.96. The normalized spacial score (nSPS) is 22.0. The number of rotatable bonds is 7. The molecule has 0 spiro atoms. The third-order valence-corrected chi connectivity index (χ3v) is 6.29. The lowest BCUT2D eigenvalue weighted by atomic mass is 9.87. The van der Waals surface area contributed by atoms with Crippen molar-refractivity contribution in [1.82, 2.24) is 9.80 Å². The maximum Gasteiger partial charge on any atom is 0.0900 e. The molecule has 29 heavy (non-hydrogen) atoms. The molecule has 4 nitrogen and oxygen atoms in total. The van der Waals surface area contributed by atoms with E-state index in [-0.39, 0.29) is 0 Å². The molecule has 0 saturated carbocycles. The largest absolute Gasteiger partial charge is 0.389 e. The Morgan fingerprint density at radius 3 is 2.66 bits per heavy atom. The lowest BCUT2D eigenvalue weighted by Crippen LogP contribution is -2.38. The minimum Gasteiger partial charge on any atom is -0.389 e. The molecular formula is C25H34N2O2. The first-order chi connectivity index (χ1) is 14.3. The van der Waals surface area contributed by atoms with Gasteiger partial charge in [0.2, 0.25) is 0 Å². The van der Waals surface area contributed by atoms with Crippen LogP contribution in [-0.2, 0) is 17.8 Å². The van der Waals surface area contributed by atoms with E-state index in [1.54, 1.807) is 5.56 Å². The summed E-state index contributed by atoms with van der Waals surface area (Å²) in [5, 5.41) is 10.4. The lowest BCUT2D eigenvalue weighted by molar-refractivity contribution is 0.0103. The highest BCUT2D eigenvalue weighted by atomic mass is 16.5. The Bertz CT molecular complexity index is 751. The van der Waals surface area contributed by atoms with Crippen molar-refractivity contribution in [3.8, 4) is 0 Å². The smallest absolute Gasteiger partial charge is 0.0900 e. The van der Waals surface area contributed by atoms with Gasteiger partial charge >= 0.3 is 0 Å². The van der Waals surface area contributed by atoms with Crippen LogP contribution in [0.3, 0.4) is 0 Å². The maximum atomic E-state index is 10.4. The molecule has 2 aromatic carbocycles. The van der Waals surface area contributed by atoms with Gasteiger partial charge in [0.05, 0.1) is 19.3 Å². The van der Waals surface area contributed by atoms with Gasteiger partial charge in [-0.25, -0.2) is 0 Å². The predicted molar refractivity (Wildman–Crippen MR) is 117 cm³/mol. The highest BCUT2D eigenvalue weighted by Gasteiger charge is 2.27. The highest BCUT2D eigenvalue weighted by Crippen LogP contribution is 2.34. The molecule has 0 unspecified atom stereocenters. The number of β-amino-alcohol motifs (C(OH)–C–C–N with tert-alkyl or cyclic N) is 1. The van der Waals surface area contributed by atoms with Crippen LogP contribution in [0.15, 0.2) is 54.6 Å². The molecule has 2 aliphatic rings. The molecule has 0 bridgehead atoms. The molecular weight excluding hydrogens is 360 g/mol. The van der Waals surface area contributed by atoms with Crippen LogP contribution < -0.4 is 0 Å². The van der Waals surface area contributed by atoms with Crippen LogP contribution in [0.5, 0.6) is 0 Å². The van der Waals surface area contributed by atoms with E-state index in [4.69, 9.17) is 4.74 Å². The van der Waals surface area contributed by atoms with Crippen molar-refractivity contribution in [2.45, 2.75) is 44.4 Å². The number of nitrogens with zero attached hydrogens (tertiary/aromatic N) is 2. The fraction of sp³-hybridized carbons (Fsp3) is 0.520. The number of aliphatic hydroxyl groups excluding tert-OH is 1. The van der Waals surface area contributed by atoms with Crippen LogP contribution in [0, 0.1) is 0 Å². The van der Waals surface area contributed by atoms with Crippen molar-refractivity contribution in [3.63, 3.8) is 0 Å². The second-order valence-corrected chi connectivity index (χ2v) is 8.45. The summed E-state index contributed by atoms with van der Waals surface area (Å²) in [6, 6.07) is 19.7. The van der Waals surface area contributed by atoms with Crippen molar-refractivity contribution in [2.24, 2.45) is 0 Å². The molecule has 1 aliphatic carbocycles. The molecule has 2 aromatic rings. The fourth-order valence-electron chi connectivity index (χ4n) is 4.83. The molecule has 1 fully saturated rings. The molecule has 0 radical (unpaired) electrons. The monoisotopic (exact) mass is 394 g/mol. The van der Waals surface area contributed by atoms with E-state index in [0.29, 0.717) is 25.8 Å². The lowest BCUT2D eigenvalue weighted by Gasteiger charge is -2.35. The van der Waals surface area contributed by atoms with Gasteiger partial charge in [0, 0.05) is 32.2 Å². The zero-order valence-electron chi connectivity index (χ0n) is 17.4. The van der Waals surface area contributed by atoms with Crippen molar-refractivity contribution in [2.75, 3.05) is 39.3 Å². The van der Waals surface area contributed by atoms with Crippen LogP contribution in [0.1, 0.15) is 42.0 Å². The molecule has 1 heterocycles. The first-order valence-corrected chi connectivity index (χ1v) is 11.1. The summed E-state index contributed by atoms with van der Waals surface area (Å²) < 4.78 is 5.72. The molecule has 4 heteroatoms. The maximum absolute atomic E-state index is 10.4. The first kappa shape index (κ1) is 20.5. The number of aliphatic hydroxyl groups is 1. The Morgan fingerprint density at radius 1 is 0.931 bits per heavy atom. The zero-order valence-corrected chi connectivity index (χ0v) is 17.4. The number of hydrogen-bond donors (Lipinski definition) is 1. The van der Waals surface area contributed by atoms with E-state index < -0.39 is 6.10 Å². The van der Waals surface area contributed by atoms with E-state index >= 15 is 0 Å². The third-order valence-electron chi connectivity index (χ3n) is 6.29. The summed E-state index contributed by atoms with van der Waals surface area (Å²) in [4.78, 5) is 5.08. The van der Waals surface area contributed by atoms with Crippen LogP contribution >= 0.6 is 0 Å². The van der Waals surface area contributed by atoms with E-state index in [1.165, 1.54) is 24.8 Å². The van der Waals surface area contributed by atoms with Gasteiger partial charge in [0.1, 0.15) is 0 Å². The topological polar surface area (TPSA) is 35.9 Å². The van der Waals surface area contributed by atoms with Gasteiger partial charge in [-0.05, 0) is 48.9 Å². The molecule has 156 valence electrons. The molecule has 4 rings (SSSR count). The third kappa shape index (κ3) is 5.67. The van der Waals surface area contributed by atoms with Gasteiger partial charge in [-0.15, -0.1) is 0 Å². The van der Waals surface area contributed by atoms with Crippen molar-refractivity contribution < 1.29 is 9.84 Å². The SMILES string of the molecule is O[C@H](COCc1ccccc1)CN1CCCN([C@@H]2CCCc3ccccc32)CC1. The predicted octanol–water partition coefficient (Wildman–Crippen LogP) is 3.65. The minimum atomic E-state index is -0.430. The molecule has 1 aliphatic heterocycles. The van der Waals surface area contributed by atoms with Crippen molar-refractivity contribution in [3.05, 3.63) is 71.3 Å². The summed E-state index contributed by atoms with van der Waals surface area (Å²) in [7, 11) is 0. The van der Waals surface area contributed by atoms with E-state index in [1.807, 2.05) is 18.2 Å². The van der Waals surface area contributed by atoms with E-state index in [9.17, 15) is 5.11 Å². The number of aryl methyl sites for hydroxylation is 1. The van der Waals surface area contributed by atoms with Crippen LogP contribution in [0.4, 0.5) is 0 Å². The van der Waals surface area contributed by atoms with Crippen LogP contribution in [0.25, 0.3) is 0 Å². The van der Waals surface area contributed by atoms with Gasteiger partial charge in [0.15, 0.2) is 0 Å². The second kappa shape index (κ2) is 10.4. The van der Waals surface area contributed by atoms with E-state index in [2.05, 4.69) is 46.2 Å². The van der Waals surface area contributed by atoms with Crippen LogP contribution in [-0.4, -0.2) is 60.3 Å². The number of fused-ring (bicyclic) bond motifs is 1. The number of ether oxygens (including phenoxy) is 1. The standard InChI is InChI=1S/C25H34N2O2/c28-23(20-29-19-21-8-2-1-3-9-21)18-26-14-7-15-27(17-16-26)25-13-6-11-22-10-4-5-12-24(22)25/h1-5,8-10,12,23,25,28H,6-7,11,13-20H2/t23-,25+/m0/s1. The average molecular weight is 395 g/mol. The second-order valence-electron chi connectivity index (χ2n) is 8.45. The summed E-state index contributed by atoms with van der Waals surface area (Å²) in [5.74, 6) is 0. The molecule has 2 atom stereocenters. The summed E-state index contributed by atoms with van der Waals surface area (Å²) in [5.41, 5.74) is 4.23. The Labute approximate surface area is 175 Å². The Kier molecular flexibility index (Phi) is 7.33. The Hall–Kier alpha value is -1.72. The van der Waals surface area contributed by atoms with Gasteiger partial charge in [-0.3, -0.25) is 9.80 Å². The molecule has 0 aromatic heterocycles. The van der Waals surface area contributed by atoms with Crippen LogP contribution in [0.2, 0.25) is 0 Å². The van der Waals surface area contributed by atoms with Gasteiger partial charge in [-0.1, -0.05) is 54.6 Å². The molecule has 0 amide bonds. The summed E-state index contributed by atoms with van der Waals surface area (Å²) in [6.07, 6.45) is 4.52. The average Bonchev–Trinajstić information content (AvgIpc) is 2.99. The van der Waals surface area contributed by atoms with Crippen molar-refractivity contribution in [1.29, 1.82) is 0 Å². The summed E-state index contributed by atoms with van der Waals surface area (Å²) >= 11 is 0. The van der Waals surface area contributed by atoms with Gasteiger partial charge in [-0.2, -0.15) is 0 Å². The number of hydrogen-bond acceptors (Lipinski definition) is 4. The first-order valence-electron chi connectivity index (χ1n) is 11.1. The van der Waals surface area contributed by atoms with Gasteiger partial charge in [0.25, 0.3) is 0 Å². The zero-order chi connectivity index (χ0) is 19.9. The van der Waals surface area contributed by atoms with Crippen molar-refractivity contribution >= 4 is 0 Å². The van der Waals surface area contributed by atoms with Gasteiger partial charge < -0.3 is 9.84 Å². The molecule has 1 N–H and O–H groups in total. The Balaban J connectivity index is 1.24. The molecule has 1 saturated heterocycles. The highest BCUT2D eigenvalue weighted by molar-refractivity contribution is 5.32. The fourth-order valence-corrected chi connectivity index (χ4v) is 4.83. The van der Waals surface area contributed by atoms with E-state index in [0.717, 1.165) is 38.2 Å². The number of benzene rings is 2.